The van der Waals surface area contributed by atoms with Gasteiger partial charge in [-0.1, -0.05) is 24.3 Å². The quantitative estimate of drug-likeness (QED) is 0.165. The van der Waals surface area contributed by atoms with Crippen molar-refractivity contribution in [2.24, 2.45) is 0 Å². The van der Waals surface area contributed by atoms with Crippen LogP contribution in [0.15, 0.2) is 66.7 Å². The van der Waals surface area contributed by atoms with E-state index in [1.165, 1.54) is 19.2 Å². The molecule has 3 aromatic carbocycles. The highest BCUT2D eigenvalue weighted by Gasteiger charge is 2.31. The normalized spacial score (nSPS) is 14.6. The zero-order valence-electron chi connectivity index (χ0n) is 26.5. The summed E-state index contributed by atoms with van der Waals surface area (Å²) in [6.07, 6.45) is -3.19. The molecule has 1 saturated heterocycles. The van der Waals surface area contributed by atoms with Crippen molar-refractivity contribution < 1.29 is 36.9 Å². The first kappa shape index (κ1) is 33.0. The molecule has 1 aliphatic heterocycles. The third-order valence-electron chi connectivity index (χ3n) is 8.38. The number of halogens is 3. The van der Waals surface area contributed by atoms with Gasteiger partial charge >= 0.3 is 12.3 Å². The highest BCUT2D eigenvalue weighted by atomic mass is 19.4. The highest BCUT2D eigenvalue weighted by Crippen LogP contribution is 2.38. The van der Waals surface area contributed by atoms with E-state index in [0.29, 0.717) is 30.1 Å². The van der Waals surface area contributed by atoms with E-state index in [2.05, 4.69) is 24.5 Å². The van der Waals surface area contributed by atoms with Gasteiger partial charge in [-0.15, -0.1) is 13.2 Å². The number of piperazine rings is 1. The summed E-state index contributed by atoms with van der Waals surface area (Å²) in [6.45, 7) is 5.30. The molecule has 2 aliphatic rings. The van der Waals surface area contributed by atoms with E-state index in [4.69, 9.17) is 19.9 Å². The fraction of sp³-hybridized carbons (Fsp3) is 0.343. The van der Waals surface area contributed by atoms with E-state index in [9.17, 15) is 18.0 Å². The van der Waals surface area contributed by atoms with Crippen LogP contribution in [0.4, 0.5) is 24.9 Å². The minimum absolute atomic E-state index is 0.198. The van der Waals surface area contributed by atoms with Gasteiger partial charge in [-0.2, -0.15) is 4.98 Å². The van der Waals surface area contributed by atoms with Crippen LogP contribution >= 0.6 is 0 Å². The molecular weight excluding hydrogens is 627 g/mol. The Bertz CT molecular complexity index is 1740. The molecule has 2 N–H and O–H groups in total. The van der Waals surface area contributed by atoms with Crippen molar-refractivity contribution in [3.8, 4) is 22.8 Å². The third-order valence-corrected chi connectivity index (χ3v) is 8.38. The Morgan fingerprint density at radius 3 is 2.42 bits per heavy atom. The largest absolute Gasteiger partial charge is 0.573 e. The number of nitrogens with zero attached hydrogens (tertiary/aromatic N) is 4. The number of carbonyl (C=O) groups excluding carboxylic acids is 1. The van der Waals surface area contributed by atoms with Gasteiger partial charge in [0.25, 0.3) is 0 Å². The van der Waals surface area contributed by atoms with Crippen LogP contribution in [0.3, 0.4) is 0 Å². The second-order valence-corrected chi connectivity index (χ2v) is 11.6. The van der Waals surface area contributed by atoms with Crippen LogP contribution in [-0.2, 0) is 35.5 Å². The molecule has 0 bridgehead atoms. The van der Waals surface area contributed by atoms with Crippen LogP contribution in [0, 0.1) is 0 Å². The Morgan fingerprint density at radius 1 is 0.896 bits per heavy atom. The molecule has 0 radical (unpaired) electrons. The molecule has 1 aliphatic carbocycles. The highest BCUT2D eigenvalue weighted by molar-refractivity contribution is 5.89. The van der Waals surface area contributed by atoms with Crippen molar-refractivity contribution in [1.82, 2.24) is 14.9 Å². The molecule has 0 spiro atoms. The predicted octanol–water partition coefficient (Wildman–Crippen LogP) is 5.43. The number of ether oxygens (including phenoxy) is 4. The molecule has 48 heavy (non-hydrogen) atoms. The molecule has 0 atom stereocenters. The number of esters is 1. The monoisotopic (exact) mass is 663 g/mol. The predicted molar refractivity (Wildman–Crippen MR) is 173 cm³/mol. The fourth-order valence-electron chi connectivity index (χ4n) is 5.99. The van der Waals surface area contributed by atoms with Gasteiger partial charge < -0.3 is 29.6 Å². The second-order valence-electron chi connectivity index (χ2n) is 11.6. The van der Waals surface area contributed by atoms with Crippen LogP contribution in [-0.4, -0.2) is 73.6 Å². The topological polar surface area (TPSA) is 112 Å². The van der Waals surface area contributed by atoms with Crippen molar-refractivity contribution in [3.05, 3.63) is 94.5 Å². The molecule has 4 aromatic rings. The number of aromatic nitrogens is 2. The van der Waals surface area contributed by atoms with Gasteiger partial charge in [-0.05, 0) is 72.0 Å². The lowest BCUT2D eigenvalue weighted by atomic mass is 9.88. The number of fused-ring (bicyclic) bond motifs is 3. The van der Waals surface area contributed by atoms with Crippen LogP contribution in [0.2, 0.25) is 0 Å². The number of benzene rings is 3. The first-order chi connectivity index (χ1) is 23.1. The number of aryl methyl sites for hydroxylation is 1. The smallest absolute Gasteiger partial charge is 0.489 e. The second kappa shape index (κ2) is 14.5. The maximum Gasteiger partial charge on any atom is 0.573 e. The van der Waals surface area contributed by atoms with Gasteiger partial charge in [0.15, 0.2) is 0 Å². The lowest BCUT2D eigenvalue weighted by Gasteiger charge is -2.37. The summed E-state index contributed by atoms with van der Waals surface area (Å²) < 4.78 is 57.9. The molecule has 2 heterocycles. The molecule has 0 unspecified atom stereocenters. The van der Waals surface area contributed by atoms with E-state index in [1.807, 2.05) is 30.3 Å². The number of carbonyl (C=O) groups is 1. The molecule has 0 amide bonds. The zero-order valence-corrected chi connectivity index (χ0v) is 26.5. The molecular formula is C35H36F3N5O5. The third kappa shape index (κ3) is 8.15. The molecule has 252 valence electrons. The van der Waals surface area contributed by atoms with Gasteiger partial charge in [0.1, 0.15) is 23.9 Å². The Kier molecular flexibility index (Phi) is 9.97. The minimum Gasteiger partial charge on any atom is -0.489 e. The Labute approximate surface area is 276 Å². The molecule has 1 aromatic heterocycles. The number of nitrogens with two attached hydrogens (primary N) is 1. The van der Waals surface area contributed by atoms with Crippen LogP contribution in [0.25, 0.3) is 11.3 Å². The molecule has 13 heteroatoms. The zero-order chi connectivity index (χ0) is 33.7. The van der Waals surface area contributed by atoms with Crippen molar-refractivity contribution in [2.75, 3.05) is 57.1 Å². The number of hydrogen-bond acceptors (Lipinski definition) is 10. The van der Waals surface area contributed by atoms with Crippen LogP contribution in [0.1, 0.15) is 32.6 Å². The van der Waals surface area contributed by atoms with Gasteiger partial charge in [0.05, 0.1) is 31.6 Å². The van der Waals surface area contributed by atoms with E-state index >= 15 is 0 Å². The van der Waals surface area contributed by atoms with Crippen molar-refractivity contribution in [1.29, 1.82) is 0 Å². The van der Waals surface area contributed by atoms with Gasteiger partial charge in [0.2, 0.25) is 5.95 Å². The first-order valence-electron chi connectivity index (χ1n) is 15.6. The lowest BCUT2D eigenvalue weighted by molar-refractivity contribution is -0.274. The summed E-state index contributed by atoms with van der Waals surface area (Å²) in [5, 5.41) is 0. The minimum atomic E-state index is -4.73. The number of methoxy groups -OCH3 is 1. The first-order valence-corrected chi connectivity index (χ1v) is 15.6. The molecule has 6 rings (SSSR count). The SMILES string of the molecule is COC(=O)c1cccc(COCCN2CCN(c3nc(N)nc4c3CCc3cc(OCc5ccc(OC(F)(F)F)cc5)ccc3-4)CC2)c1. The van der Waals surface area contributed by atoms with E-state index in [-0.39, 0.29) is 24.3 Å². The number of rotatable bonds is 11. The van der Waals surface area contributed by atoms with Gasteiger partial charge in [-0.25, -0.2) is 9.78 Å². The van der Waals surface area contributed by atoms with Crippen molar-refractivity contribution in [2.45, 2.75) is 32.4 Å². The maximum atomic E-state index is 12.4. The number of alkyl halides is 3. The van der Waals surface area contributed by atoms with E-state index in [1.54, 1.807) is 24.3 Å². The maximum absolute atomic E-state index is 12.4. The number of hydrogen-bond donors (Lipinski definition) is 1. The standard InChI is InChI=1S/C35H36F3N5O5/c1-45-33(44)26-4-2-3-24(19-26)21-46-18-17-42-13-15-43(16-14-42)32-30-11-7-25-20-28(10-12-29(25)31(30)40-34(39)41-32)47-22-23-5-8-27(9-6-23)48-35(36,37)38/h2-6,8-10,12,19-20H,7,11,13-18,21-22H2,1H3,(H2,39,40,41). The van der Waals surface area contributed by atoms with Crippen molar-refractivity contribution >= 4 is 17.7 Å². The Morgan fingerprint density at radius 2 is 1.67 bits per heavy atom. The lowest BCUT2D eigenvalue weighted by Crippen LogP contribution is -2.48. The van der Waals surface area contributed by atoms with Crippen molar-refractivity contribution in [3.63, 3.8) is 0 Å². The number of nitrogen functional groups attached to an aromatic ring is 1. The number of anilines is 2. The van der Waals surface area contributed by atoms with Gasteiger partial charge in [0, 0.05) is 43.9 Å². The molecule has 10 nitrogen and oxygen atoms in total. The summed E-state index contributed by atoms with van der Waals surface area (Å²) in [5.41, 5.74) is 12.4. The molecule has 1 fully saturated rings. The summed E-state index contributed by atoms with van der Waals surface area (Å²) >= 11 is 0. The van der Waals surface area contributed by atoms with Gasteiger partial charge in [-0.3, -0.25) is 4.90 Å². The summed E-state index contributed by atoms with van der Waals surface area (Å²) in [7, 11) is 1.37. The van der Waals surface area contributed by atoms with Crippen LogP contribution in [0.5, 0.6) is 11.5 Å². The summed E-state index contributed by atoms with van der Waals surface area (Å²) in [5.74, 6) is 1.12. The van der Waals surface area contributed by atoms with Crippen LogP contribution < -0.4 is 20.1 Å². The average Bonchev–Trinajstić information content (AvgIpc) is 3.08. The Balaban J connectivity index is 1.03. The Hall–Kier alpha value is -4.88. The molecule has 0 saturated carbocycles. The van der Waals surface area contributed by atoms with E-state index < -0.39 is 6.36 Å². The fourth-order valence-corrected chi connectivity index (χ4v) is 5.99. The average molecular weight is 664 g/mol. The summed E-state index contributed by atoms with van der Waals surface area (Å²) in [6, 6.07) is 18.7. The summed E-state index contributed by atoms with van der Waals surface area (Å²) in [4.78, 5) is 25.7. The van der Waals surface area contributed by atoms with E-state index in [0.717, 1.165) is 79.3 Å².